The van der Waals surface area contributed by atoms with Crippen LogP contribution in [0.2, 0.25) is 0 Å². The number of carboxylic acids is 1. The van der Waals surface area contributed by atoms with Crippen LogP contribution in [0.4, 0.5) is 0 Å². The molecule has 0 aromatic heterocycles. The first-order valence-electron chi connectivity index (χ1n) is 3.91. The molecule has 0 saturated heterocycles. The van der Waals surface area contributed by atoms with Gasteiger partial charge in [0.1, 0.15) is 5.75 Å². The van der Waals surface area contributed by atoms with E-state index in [1.165, 1.54) is 12.1 Å². The van der Waals surface area contributed by atoms with Crippen LogP contribution in [0.3, 0.4) is 0 Å². The second-order valence-electron chi connectivity index (χ2n) is 2.59. The molecule has 0 aliphatic heterocycles. The van der Waals surface area contributed by atoms with Gasteiger partial charge in [-0.25, -0.2) is 4.79 Å². The number of para-hydroxylation sites is 1. The molecule has 0 atom stereocenters. The molecular formula is C8H9BO5. The zero-order valence-electron chi connectivity index (χ0n) is 7.25. The van der Waals surface area contributed by atoms with Crippen LogP contribution in [0.1, 0.15) is 0 Å². The molecule has 0 fully saturated rings. The molecule has 3 N–H and O–H groups in total. The predicted octanol–water partition coefficient (Wildman–Crippen LogP) is -1.17. The Kier molecular flexibility index (Phi) is 3.50. The van der Waals surface area contributed by atoms with Crippen LogP contribution in [0.25, 0.3) is 0 Å². The second-order valence-corrected chi connectivity index (χ2v) is 2.59. The minimum absolute atomic E-state index is 0.147. The number of aliphatic carboxylic acids is 1. The number of benzene rings is 1. The van der Waals surface area contributed by atoms with Gasteiger partial charge in [0.2, 0.25) is 0 Å². The zero-order chi connectivity index (χ0) is 10.6. The number of ether oxygens (including phenoxy) is 1. The van der Waals surface area contributed by atoms with E-state index in [1.807, 2.05) is 0 Å². The first-order valence-corrected chi connectivity index (χ1v) is 3.91. The van der Waals surface area contributed by atoms with Crippen LogP contribution < -0.4 is 10.2 Å². The molecule has 0 amide bonds. The topological polar surface area (TPSA) is 87.0 Å². The molecule has 0 heterocycles. The van der Waals surface area contributed by atoms with E-state index in [0.29, 0.717) is 0 Å². The summed E-state index contributed by atoms with van der Waals surface area (Å²) in [6.45, 7) is -0.510. The maximum Gasteiger partial charge on any atom is 0.492 e. The van der Waals surface area contributed by atoms with E-state index in [1.54, 1.807) is 12.1 Å². The molecule has 1 aromatic rings. The fourth-order valence-electron chi connectivity index (χ4n) is 0.965. The average molecular weight is 196 g/mol. The van der Waals surface area contributed by atoms with Crippen molar-refractivity contribution in [3.8, 4) is 5.75 Å². The van der Waals surface area contributed by atoms with Gasteiger partial charge in [-0.15, -0.1) is 0 Å². The molecule has 1 aromatic carbocycles. The first kappa shape index (κ1) is 10.6. The smallest absolute Gasteiger partial charge is 0.482 e. The molecule has 0 spiro atoms. The standard InChI is InChI=1S/C8H9BO5/c10-8(11)5-14-7-4-2-1-3-6(7)9(12)13/h1-4,12-13H,5H2,(H,10,11). The van der Waals surface area contributed by atoms with E-state index >= 15 is 0 Å². The van der Waals surface area contributed by atoms with Crippen molar-refractivity contribution < 1.29 is 24.7 Å². The Labute approximate surface area is 80.7 Å². The van der Waals surface area contributed by atoms with Gasteiger partial charge in [0, 0.05) is 5.46 Å². The lowest BCUT2D eigenvalue weighted by Gasteiger charge is -2.08. The van der Waals surface area contributed by atoms with Gasteiger partial charge in [0.05, 0.1) is 0 Å². The van der Waals surface area contributed by atoms with Gasteiger partial charge < -0.3 is 19.9 Å². The van der Waals surface area contributed by atoms with E-state index in [9.17, 15) is 4.79 Å². The third kappa shape index (κ3) is 2.76. The van der Waals surface area contributed by atoms with E-state index < -0.39 is 19.7 Å². The van der Waals surface area contributed by atoms with Crippen LogP contribution in [-0.4, -0.2) is 34.8 Å². The summed E-state index contributed by atoms with van der Waals surface area (Å²) in [6, 6.07) is 6.13. The third-order valence-corrected chi connectivity index (χ3v) is 1.55. The number of carbonyl (C=O) groups is 1. The summed E-state index contributed by atoms with van der Waals surface area (Å²) in [5, 5.41) is 26.2. The van der Waals surface area contributed by atoms with E-state index in [2.05, 4.69) is 0 Å². The summed E-state index contributed by atoms with van der Waals surface area (Å²) in [4.78, 5) is 10.2. The second kappa shape index (κ2) is 4.64. The Morgan fingerprint density at radius 3 is 2.57 bits per heavy atom. The van der Waals surface area contributed by atoms with E-state index in [0.717, 1.165) is 0 Å². The summed E-state index contributed by atoms with van der Waals surface area (Å²) in [6.07, 6.45) is 0. The highest BCUT2D eigenvalue weighted by molar-refractivity contribution is 6.59. The normalized spacial score (nSPS) is 9.57. The molecule has 0 radical (unpaired) electrons. The fraction of sp³-hybridized carbons (Fsp3) is 0.125. The maximum absolute atomic E-state index is 10.2. The van der Waals surface area contributed by atoms with E-state index in [4.69, 9.17) is 19.9 Å². The summed E-state index contributed by atoms with van der Waals surface area (Å²) in [5.41, 5.74) is 0.147. The van der Waals surface area contributed by atoms with Crippen LogP contribution in [0, 0.1) is 0 Å². The van der Waals surface area contributed by atoms with Crippen LogP contribution >= 0.6 is 0 Å². The van der Waals surface area contributed by atoms with Crippen molar-refractivity contribution in [1.29, 1.82) is 0 Å². The van der Waals surface area contributed by atoms with Crippen LogP contribution in [-0.2, 0) is 4.79 Å². The lowest BCUT2D eigenvalue weighted by molar-refractivity contribution is -0.139. The summed E-state index contributed by atoms with van der Waals surface area (Å²) >= 11 is 0. The molecule has 0 aliphatic rings. The molecule has 14 heavy (non-hydrogen) atoms. The number of hydrogen-bond acceptors (Lipinski definition) is 4. The first-order chi connectivity index (χ1) is 6.61. The maximum atomic E-state index is 10.2. The minimum atomic E-state index is -1.67. The average Bonchev–Trinajstić information content (AvgIpc) is 2.15. The molecule has 74 valence electrons. The van der Waals surface area contributed by atoms with E-state index in [-0.39, 0.29) is 11.2 Å². The summed E-state index contributed by atoms with van der Waals surface area (Å²) in [5.74, 6) is -0.961. The number of carboxylic acid groups (broad SMARTS) is 1. The van der Waals surface area contributed by atoms with Gasteiger partial charge >= 0.3 is 13.1 Å². The molecule has 0 unspecified atom stereocenters. The Morgan fingerprint density at radius 1 is 1.36 bits per heavy atom. The quantitative estimate of drug-likeness (QED) is 0.528. The van der Waals surface area contributed by atoms with Gasteiger partial charge in [-0.2, -0.15) is 0 Å². The van der Waals surface area contributed by atoms with Crippen LogP contribution in [0.15, 0.2) is 24.3 Å². The Bertz CT molecular complexity index is 325. The highest BCUT2D eigenvalue weighted by Crippen LogP contribution is 2.06. The SMILES string of the molecule is O=C(O)COc1ccccc1B(O)O. The summed E-state index contributed by atoms with van der Waals surface area (Å²) in [7, 11) is -1.67. The predicted molar refractivity (Wildman–Crippen MR) is 49.4 cm³/mol. The van der Waals surface area contributed by atoms with Crippen LogP contribution in [0.5, 0.6) is 5.75 Å². The highest BCUT2D eigenvalue weighted by atomic mass is 16.5. The van der Waals surface area contributed by atoms with Crippen molar-refractivity contribution in [2.24, 2.45) is 0 Å². The molecule has 0 bridgehead atoms. The summed E-state index contributed by atoms with van der Waals surface area (Å²) < 4.78 is 4.84. The van der Waals surface area contributed by atoms with Crippen molar-refractivity contribution in [3.05, 3.63) is 24.3 Å². The van der Waals surface area contributed by atoms with Crippen molar-refractivity contribution in [1.82, 2.24) is 0 Å². The van der Waals surface area contributed by atoms with Crippen molar-refractivity contribution in [2.75, 3.05) is 6.61 Å². The molecule has 1 rings (SSSR count). The molecule has 0 saturated carbocycles. The van der Waals surface area contributed by atoms with Gasteiger partial charge in [-0.3, -0.25) is 0 Å². The zero-order valence-corrected chi connectivity index (χ0v) is 7.25. The lowest BCUT2D eigenvalue weighted by atomic mass is 9.79. The molecule has 6 heteroatoms. The Balaban J connectivity index is 2.79. The highest BCUT2D eigenvalue weighted by Gasteiger charge is 2.16. The van der Waals surface area contributed by atoms with Crippen molar-refractivity contribution in [2.45, 2.75) is 0 Å². The van der Waals surface area contributed by atoms with Crippen molar-refractivity contribution in [3.63, 3.8) is 0 Å². The number of rotatable bonds is 4. The molecule has 5 nitrogen and oxygen atoms in total. The Hall–Kier alpha value is -1.53. The van der Waals surface area contributed by atoms with Gasteiger partial charge in [0.15, 0.2) is 6.61 Å². The lowest BCUT2D eigenvalue weighted by Crippen LogP contribution is -2.31. The molecular weight excluding hydrogens is 187 g/mol. The minimum Gasteiger partial charge on any atom is -0.482 e. The fourth-order valence-corrected chi connectivity index (χ4v) is 0.965. The van der Waals surface area contributed by atoms with Gasteiger partial charge in [-0.1, -0.05) is 18.2 Å². The third-order valence-electron chi connectivity index (χ3n) is 1.55. The van der Waals surface area contributed by atoms with Gasteiger partial charge in [-0.05, 0) is 6.07 Å². The van der Waals surface area contributed by atoms with Gasteiger partial charge in [0.25, 0.3) is 0 Å². The largest absolute Gasteiger partial charge is 0.492 e. The molecule has 0 aliphatic carbocycles. The number of hydrogen-bond donors (Lipinski definition) is 3. The Morgan fingerprint density at radius 2 is 2.00 bits per heavy atom. The van der Waals surface area contributed by atoms with Crippen molar-refractivity contribution >= 4 is 18.6 Å². The monoisotopic (exact) mass is 196 g/mol.